The minimum Gasteiger partial charge on any atom is -0.447 e. The van der Waals surface area contributed by atoms with E-state index in [0.29, 0.717) is 0 Å². The van der Waals surface area contributed by atoms with E-state index in [2.05, 4.69) is 4.74 Å². The Kier molecular flexibility index (Phi) is 3.64. The monoisotopic (exact) mass is 239 g/mol. The van der Waals surface area contributed by atoms with Crippen molar-refractivity contribution in [1.29, 1.82) is 5.26 Å². The van der Waals surface area contributed by atoms with E-state index in [4.69, 9.17) is 5.26 Å². The normalized spacial score (nSPS) is 10.5. The van der Waals surface area contributed by atoms with Crippen molar-refractivity contribution in [2.24, 2.45) is 0 Å². The van der Waals surface area contributed by atoms with Crippen molar-refractivity contribution in [3.05, 3.63) is 29.8 Å². The van der Waals surface area contributed by atoms with Gasteiger partial charge in [0.15, 0.2) is 16.4 Å². The first kappa shape index (κ1) is 12.2. The summed E-state index contributed by atoms with van der Waals surface area (Å²) in [4.78, 5) is 11.4. The van der Waals surface area contributed by atoms with E-state index in [1.54, 1.807) is 6.07 Å². The molecule has 0 saturated carbocycles. The highest BCUT2D eigenvalue weighted by atomic mass is 32.2. The van der Waals surface area contributed by atoms with E-state index < -0.39 is 15.8 Å². The zero-order valence-electron chi connectivity index (χ0n) is 8.50. The summed E-state index contributed by atoms with van der Waals surface area (Å²) in [5.74, 6) is -0.651. The van der Waals surface area contributed by atoms with Crippen LogP contribution in [0.4, 0.5) is 0 Å². The third-order valence-corrected chi connectivity index (χ3v) is 2.91. The van der Waals surface area contributed by atoms with Crippen molar-refractivity contribution in [3.63, 3.8) is 0 Å². The SMILES string of the molecule is CS(=O)(=O)c1ccc(C(=O)OCC#N)cc1. The summed E-state index contributed by atoms with van der Waals surface area (Å²) in [6, 6.07) is 6.99. The first-order valence-corrected chi connectivity index (χ1v) is 6.18. The first-order chi connectivity index (χ1) is 7.45. The third kappa shape index (κ3) is 3.07. The minimum atomic E-state index is -3.27. The van der Waals surface area contributed by atoms with Gasteiger partial charge in [-0.05, 0) is 24.3 Å². The van der Waals surface area contributed by atoms with E-state index in [0.717, 1.165) is 6.26 Å². The van der Waals surface area contributed by atoms with Crippen LogP contribution in [0.2, 0.25) is 0 Å². The molecule has 0 amide bonds. The molecular formula is C10H9NO4S. The summed E-state index contributed by atoms with van der Waals surface area (Å²) in [5.41, 5.74) is 0.211. The van der Waals surface area contributed by atoms with Crippen LogP contribution in [-0.4, -0.2) is 27.2 Å². The number of carbonyl (C=O) groups excluding carboxylic acids is 1. The van der Waals surface area contributed by atoms with E-state index in [-0.39, 0.29) is 17.1 Å². The number of esters is 1. The standard InChI is InChI=1S/C10H9NO4S/c1-16(13,14)9-4-2-8(3-5-9)10(12)15-7-6-11/h2-5H,7H2,1H3. The number of hydrogen-bond acceptors (Lipinski definition) is 5. The number of nitrogens with zero attached hydrogens (tertiary/aromatic N) is 1. The largest absolute Gasteiger partial charge is 0.447 e. The predicted octanol–water partition coefficient (Wildman–Crippen LogP) is 0.770. The van der Waals surface area contributed by atoms with Gasteiger partial charge in [0, 0.05) is 6.26 Å². The fourth-order valence-corrected chi connectivity index (χ4v) is 1.65. The molecule has 5 nitrogen and oxygen atoms in total. The lowest BCUT2D eigenvalue weighted by Crippen LogP contribution is -2.06. The Morgan fingerprint density at radius 1 is 1.38 bits per heavy atom. The molecule has 0 unspecified atom stereocenters. The molecule has 0 spiro atoms. The zero-order valence-corrected chi connectivity index (χ0v) is 9.32. The zero-order chi connectivity index (χ0) is 12.2. The maximum Gasteiger partial charge on any atom is 0.339 e. The second-order valence-electron chi connectivity index (χ2n) is 3.03. The quantitative estimate of drug-likeness (QED) is 0.727. The van der Waals surface area contributed by atoms with Crippen LogP contribution in [0.25, 0.3) is 0 Å². The number of nitriles is 1. The Labute approximate surface area is 93.2 Å². The average molecular weight is 239 g/mol. The molecule has 1 aromatic rings. The smallest absolute Gasteiger partial charge is 0.339 e. The van der Waals surface area contributed by atoms with Gasteiger partial charge < -0.3 is 4.74 Å². The van der Waals surface area contributed by atoms with Crippen LogP contribution in [-0.2, 0) is 14.6 Å². The summed E-state index contributed by atoms with van der Waals surface area (Å²) < 4.78 is 26.8. The molecule has 0 N–H and O–H groups in total. The van der Waals surface area contributed by atoms with E-state index in [9.17, 15) is 13.2 Å². The van der Waals surface area contributed by atoms with Gasteiger partial charge in [0.1, 0.15) is 6.07 Å². The molecule has 0 aliphatic carbocycles. The molecule has 16 heavy (non-hydrogen) atoms. The third-order valence-electron chi connectivity index (χ3n) is 1.79. The van der Waals surface area contributed by atoms with Gasteiger partial charge >= 0.3 is 5.97 Å². The van der Waals surface area contributed by atoms with Gasteiger partial charge in [-0.1, -0.05) is 0 Å². The maximum absolute atomic E-state index is 11.2. The summed E-state index contributed by atoms with van der Waals surface area (Å²) in [5, 5.41) is 8.21. The minimum absolute atomic E-state index is 0.129. The van der Waals surface area contributed by atoms with Crippen LogP contribution in [0.15, 0.2) is 29.2 Å². The molecule has 1 rings (SSSR count). The fraction of sp³-hybridized carbons (Fsp3) is 0.200. The molecule has 0 heterocycles. The Hall–Kier alpha value is -1.87. The number of sulfone groups is 1. The molecule has 0 fully saturated rings. The second kappa shape index (κ2) is 4.77. The molecule has 0 atom stereocenters. The van der Waals surface area contributed by atoms with E-state index >= 15 is 0 Å². The van der Waals surface area contributed by atoms with Gasteiger partial charge in [0.2, 0.25) is 0 Å². The molecule has 1 aromatic carbocycles. The highest BCUT2D eigenvalue weighted by molar-refractivity contribution is 7.90. The summed E-state index contributed by atoms with van der Waals surface area (Å²) in [6.45, 7) is -0.327. The van der Waals surface area contributed by atoms with Gasteiger partial charge in [0.25, 0.3) is 0 Å². The van der Waals surface area contributed by atoms with Crippen LogP contribution in [0.3, 0.4) is 0 Å². The highest BCUT2D eigenvalue weighted by Gasteiger charge is 2.10. The Morgan fingerprint density at radius 2 is 1.94 bits per heavy atom. The predicted molar refractivity (Wildman–Crippen MR) is 55.4 cm³/mol. The topological polar surface area (TPSA) is 84.2 Å². The number of ether oxygens (including phenoxy) is 1. The maximum atomic E-state index is 11.2. The van der Waals surface area contributed by atoms with Crippen molar-refractivity contribution in [2.75, 3.05) is 12.9 Å². The number of carbonyl (C=O) groups is 1. The lowest BCUT2D eigenvalue weighted by molar-refractivity contribution is 0.0555. The van der Waals surface area contributed by atoms with Crippen molar-refractivity contribution in [1.82, 2.24) is 0 Å². The van der Waals surface area contributed by atoms with Crippen LogP contribution in [0.5, 0.6) is 0 Å². The van der Waals surface area contributed by atoms with Crippen LogP contribution >= 0.6 is 0 Å². The fourth-order valence-electron chi connectivity index (χ4n) is 1.02. The Morgan fingerprint density at radius 3 is 2.38 bits per heavy atom. The molecule has 0 aliphatic heterocycles. The van der Waals surface area contributed by atoms with Gasteiger partial charge in [-0.15, -0.1) is 0 Å². The van der Waals surface area contributed by atoms with E-state index in [1.807, 2.05) is 0 Å². The number of rotatable bonds is 3. The molecule has 0 aromatic heterocycles. The lowest BCUT2D eigenvalue weighted by Gasteiger charge is -2.01. The van der Waals surface area contributed by atoms with Crippen molar-refractivity contribution >= 4 is 15.8 Å². The van der Waals surface area contributed by atoms with Gasteiger partial charge in [-0.3, -0.25) is 0 Å². The average Bonchev–Trinajstić information content (AvgIpc) is 2.25. The highest BCUT2D eigenvalue weighted by Crippen LogP contribution is 2.10. The molecule has 0 aliphatic rings. The summed E-state index contributed by atoms with van der Waals surface area (Å²) in [7, 11) is -3.27. The molecule has 0 saturated heterocycles. The van der Waals surface area contributed by atoms with Gasteiger partial charge in [-0.25, -0.2) is 13.2 Å². The van der Waals surface area contributed by atoms with Crippen molar-refractivity contribution in [2.45, 2.75) is 4.90 Å². The summed E-state index contributed by atoms with van der Waals surface area (Å²) in [6.07, 6.45) is 1.08. The van der Waals surface area contributed by atoms with E-state index in [1.165, 1.54) is 24.3 Å². The number of benzene rings is 1. The van der Waals surface area contributed by atoms with Crippen LogP contribution in [0, 0.1) is 11.3 Å². The second-order valence-corrected chi connectivity index (χ2v) is 5.05. The van der Waals surface area contributed by atoms with Crippen LogP contribution < -0.4 is 0 Å². The van der Waals surface area contributed by atoms with Crippen molar-refractivity contribution < 1.29 is 17.9 Å². The van der Waals surface area contributed by atoms with Crippen molar-refractivity contribution in [3.8, 4) is 6.07 Å². The number of hydrogen-bond donors (Lipinski definition) is 0. The van der Waals surface area contributed by atoms with Gasteiger partial charge in [-0.2, -0.15) is 5.26 Å². The molecule has 0 radical (unpaired) electrons. The molecule has 6 heteroatoms. The Bertz CT molecular complexity index is 525. The van der Waals surface area contributed by atoms with Gasteiger partial charge in [0.05, 0.1) is 10.5 Å². The summed E-state index contributed by atoms with van der Waals surface area (Å²) >= 11 is 0. The molecule has 84 valence electrons. The molecule has 0 bridgehead atoms. The lowest BCUT2D eigenvalue weighted by atomic mass is 10.2. The molecular weight excluding hydrogens is 230 g/mol. The van der Waals surface area contributed by atoms with Crippen LogP contribution in [0.1, 0.15) is 10.4 Å². The first-order valence-electron chi connectivity index (χ1n) is 4.29. The Balaban J connectivity index is 2.88.